The molecule has 4 unspecified atom stereocenters. The number of rotatable bonds is 25. The SMILES string of the molecule is CCCCCCCCN(Cc1ccccc1)C(=O)CCC(C)[C@H]1CC[C@H]2C3C(OCCCO)CC4C[C@H](OCCCO)CC[C@]4(C)[C@H]3C[C@H](OCCCO)[C@]12C. The van der Waals surface area contributed by atoms with Crippen LogP contribution >= 0.6 is 0 Å². The van der Waals surface area contributed by atoms with E-state index in [0.29, 0.717) is 87.6 Å². The van der Waals surface area contributed by atoms with E-state index in [4.69, 9.17) is 14.2 Å². The van der Waals surface area contributed by atoms with Crippen molar-refractivity contribution in [3.8, 4) is 0 Å². The van der Waals surface area contributed by atoms with Gasteiger partial charge >= 0.3 is 0 Å². The average molecular weight is 784 g/mol. The van der Waals surface area contributed by atoms with Crippen molar-refractivity contribution < 1.29 is 34.3 Å². The molecule has 8 nitrogen and oxygen atoms in total. The molecule has 0 radical (unpaired) electrons. The Balaban J connectivity index is 1.33. The second-order valence-corrected chi connectivity index (χ2v) is 18.9. The lowest BCUT2D eigenvalue weighted by atomic mass is 9.43. The maximum Gasteiger partial charge on any atom is 0.222 e. The van der Waals surface area contributed by atoms with Crippen molar-refractivity contribution in [3.63, 3.8) is 0 Å². The second-order valence-electron chi connectivity index (χ2n) is 18.9. The first-order valence-corrected chi connectivity index (χ1v) is 23.2. The Morgan fingerprint density at radius 2 is 1.48 bits per heavy atom. The minimum Gasteiger partial charge on any atom is -0.396 e. The van der Waals surface area contributed by atoms with Gasteiger partial charge < -0.3 is 34.4 Å². The van der Waals surface area contributed by atoms with Crippen molar-refractivity contribution >= 4 is 5.91 Å². The smallest absolute Gasteiger partial charge is 0.222 e. The van der Waals surface area contributed by atoms with E-state index in [0.717, 1.165) is 64.3 Å². The van der Waals surface area contributed by atoms with Crippen LogP contribution in [0.2, 0.25) is 0 Å². The molecule has 0 aliphatic heterocycles. The van der Waals surface area contributed by atoms with E-state index in [9.17, 15) is 20.1 Å². The van der Waals surface area contributed by atoms with Gasteiger partial charge in [0.2, 0.25) is 5.91 Å². The van der Waals surface area contributed by atoms with E-state index in [2.05, 4.69) is 56.9 Å². The van der Waals surface area contributed by atoms with E-state index in [1.54, 1.807) is 0 Å². The Hall–Kier alpha value is -1.55. The van der Waals surface area contributed by atoms with Crippen LogP contribution in [-0.4, -0.2) is 90.6 Å². The van der Waals surface area contributed by atoms with Crippen LogP contribution in [0.25, 0.3) is 0 Å². The molecule has 0 spiro atoms. The van der Waals surface area contributed by atoms with Crippen LogP contribution in [0.4, 0.5) is 0 Å². The van der Waals surface area contributed by atoms with Gasteiger partial charge in [0.05, 0.1) is 18.3 Å². The lowest BCUT2D eigenvalue weighted by Crippen LogP contribution is -2.63. The van der Waals surface area contributed by atoms with Crippen LogP contribution in [-0.2, 0) is 25.5 Å². The van der Waals surface area contributed by atoms with Crippen LogP contribution in [0.5, 0.6) is 0 Å². The third kappa shape index (κ3) is 11.2. The summed E-state index contributed by atoms with van der Waals surface area (Å²) in [5.41, 5.74) is 1.33. The van der Waals surface area contributed by atoms with Gasteiger partial charge in [-0.3, -0.25) is 4.79 Å². The number of unbranched alkanes of at least 4 members (excludes halogenated alkanes) is 5. The Morgan fingerprint density at radius 1 is 0.804 bits per heavy atom. The largest absolute Gasteiger partial charge is 0.396 e. The summed E-state index contributed by atoms with van der Waals surface area (Å²) >= 11 is 0. The molecule has 5 rings (SSSR count). The Kier molecular flexibility index (Phi) is 18.5. The minimum atomic E-state index is -0.0479. The van der Waals surface area contributed by atoms with Crippen molar-refractivity contribution in [1.82, 2.24) is 4.90 Å². The van der Waals surface area contributed by atoms with Crippen LogP contribution < -0.4 is 0 Å². The molecule has 0 heterocycles. The molecule has 3 N–H and O–H groups in total. The van der Waals surface area contributed by atoms with E-state index in [1.165, 1.54) is 37.7 Å². The number of benzene rings is 1. The molecule has 11 atom stereocenters. The predicted molar refractivity (Wildman–Crippen MR) is 224 cm³/mol. The molecule has 1 aromatic rings. The first-order chi connectivity index (χ1) is 27.2. The van der Waals surface area contributed by atoms with Gasteiger partial charge in [-0.15, -0.1) is 0 Å². The van der Waals surface area contributed by atoms with Crippen molar-refractivity contribution in [2.45, 2.75) is 168 Å². The van der Waals surface area contributed by atoms with Crippen molar-refractivity contribution in [2.75, 3.05) is 46.2 Å². The highest BCUT2D eigenvalue weighted by Gasteiger charge is 2.66. The number of hydrogen-bond donors (Lipinski definition) is 3. The van der Waals surface area contributed by atoms with Crippen LogP contribution in [0.15, 0.2) is 30.3 Å². The van der Waals surface area contributed by atoms with E-state index in [1.807, 2.05) is 6.07 Å². The third-order valence-electron chi connectivity index (χ3n) is 15.5. The summed E-state index contributed by atoms with van der Waals surface area (Å²) in [6, 6.07) is 10.5. The summed E-state index contributed by atoms with van der Waals surface area (Å²) in [7, 11) is 0. The highest BCUT2D eigenvalue weighted by atomic mass is 16.5. The van der Waals surface area contributed by atoms with Gasteiger partial charge in [0, 0.05) is 64.6 Å². The number of carbonyl (C=O) groups excluding carboxylic acids is 1. The average Bonchev–Trinajstić information content (AvgIpc) is 3.56. The number of ether oxygens (including phenoxy) is 3. The molecule has 0 saturated heterocycles. The summed E-state index contributed by atoms with van der Waals surface area (Å²) in [5.74, 6) is 2.97. The first-order valence-electron chi connectivity index (χ1n) is 23.2. The fraction of sp³-hybridized carbons (Fsp3) is 0.854. The van der Waals surface area contributed by atoms with Crippen molar-refractivity contribution in [2.24, 2.45) is 46.3 Å². The normalized spacial score (nSPS) is 33.1. The van der Waals surface area contributed by atoms with Gasteiger partial charge in [-0.25, -0.2) is 0 Å². The third-order valence-corrected chi connectivity index (χ3v) is 15.5. The number of nitrogens with zero attached hydrogens (tertiary/aromatic N) is 1. The number of hydrogen-bond acceptors (Lipinski definition) is 7. The molecule has 0 aromatic heterocycles. The molecule has 4 saturated carbocycles. The summed E-state index contributed by atoms with van der Waals surface area (Å²) in [6.07, 6.45) is 18.8. The number of fused-ring (bicyclic) bond motifs is 5. The molecular weight excluding hydrogens is 703 g/mol. The van der Waals surface area contributed by atoms with E-state index in [-0.39, 0.29) is 54.9 Å². The van der Waals surface area contributed by atoms with Crippen molar-refractivity contribution in [1.29, 1.82) is 0 Å². The maximum atomic E-state index is 14.1. The standard InChI is InChI=1S/C48H81NO7/c1-5-6-7-8-9-13-25-49(35-37-17-11-10-12-18-37)45(53)22-19-36(2)40-20-21-41-46-42(34-44(48(40,41)4)56-31-16-28-52)47(3)24-23-39(54-29-14-26-50)32-38(47)33-43(46)55-30-15-27-51/h10-12,17-18,36,38-44,46,50-52H,5-9,13-16,19-35H2,1-4H3/t36?,38?,39-,40-,41+,42+,43?,44+,46?,47+,48-/m1/s1. The predicted octanol–water partition coefficient (Wildman–Crippen LogP) is 8.97. The molecule has 0 bridgehead atoms. The lowest BCUT2D eigenvalue weighted by molar-refractivity contribution is -0.228. The molecule has 1 amide bonds. The summed E-state index contributed by atoms with van der Waals surface area (Å²) in [5, 5.41) is 28.9. The van der Waals surface area contributed by atoms with Gasteiger partial charge in [-0.2, -0.15) is 0 Å². The molecule has 320 valence electrons. The zero-order valence-corrected chi connectivity index (χ0v) is 35.9. The zero-order valence-electron chi connectivity index (χ0n) is 35.9. The van der Waals surface area contributed by atoms with Gasteiger partial charge in [-0.1, -0.05) is 90.1 Å². The topological polar surface area (TPSA) is 109 Å². The molecule has 4 aliphatic rings. The Bertz CT molecular complexity index is 1270. The number of carbonyl (C=O) groups is 1. The Morgan fingerprint density at radius 3 is 2.20 bits per heavy atom. The molecule has 56 heavy (non-hydrogen) atoms. The zero-order chi connectivity index (χ0) is 40.0. The van der Waals surface area contributed by atoms with E-state index < -0.39 is 0 Å². The van der Waals surface area contributed by atoms with Crippen LogP contribution in [0.3, 0.4) is 0 Å². The highest BCUT2D eigenvalue weighted by molar-refractivity contribution is 5.76. The minimum absolute atomic E-state index is 0.0479. The van der Waals surface area contributed by atoms with Crippen LogP contribution in [0.1, 0.15) is 149 Å². The Labute approximate surface area is 340 Å². The van der Waals surface area contributed by atoms with E-state index >= 15 is 0 Å². The molecule has 8 heteroatoms. The first kappa shape index (κ1) is 45.5. The summed E-state index contributed by atoms with van der Waals surface area (Å²) in [4.78, 5) is 16.2. The quantitative estimate of drug-likeness (QED) is 0.0850. The summed E-state index contributed by atoms with van der Waals surface area (Å²) < 4.78 is 20.1. The molecule has 1 aromatic carbocycles. The maximum absolute atomic E-state index is 14.1. The van der Waals surface area contributed by atoms with Gasteiger partial charge in [-0.05, 0) is 124 Å². The fourth-order valence-corrected chi connectivity index (χ4v) is 12.4. The van der Waals surface area contributed by atoms with Gasteiger partial charge in [0.15, 0.2) is 0 Å². The van der Waals surface area contributed by atoms with Crippen molar-refractivity contribution in [3.05, 3.63) is 35.9 Å². The number of aliphatic hydroxyl groups excluding tert-OH is 3. The summed E-state index contributed by atoms with van der Waals surface area (Å²) in [6.45, 7) is 13.5. The molecule has 4 fully saturated rings. The van der Waals surface area contributed by atoms with Crippen LogP contribution in [0, 0.1) is 46.3 Å². The van der Waals surface area contributed by atoms with Gasteiger partial charge in [0.25, 0.3) is 0 Å². The lowest BCUT2D eigenvalue weighted by Gasteiger charge is -2.65. The number of amides is 1. The molecular formula is C48H81NO7. The highest BCUT2D eigenvalue weighted by Crippen LogP contribution is 2.69. The molecule has 4 aliphatic carbocycles. The second kappa shape index (κ2) is 22.7. The van der Waals surface area contributed by atoms with Gasteiger partial charge in [0.1, 0.15) is 0 Å². The fourth-order valence-electron chi connectivity index (χ4n) is 12.4. The monoisotopic (exact) mass is 784 g/mol. The number of aliphatic hydroxyl groups is 3.